The smallest absolute Gasteiger partial charge is 0.138 e. The summed E-state index contributed by atoms with van der Waals surface area (Å²) in [6.07, 6.45) is 20.2. The molecule has 0 unspecified atom stereocenters. The molecular formula is C29H44N2O. The van der Waals surface area contributed by atoms with Crippen molar-refractivity contribution in [3.8, 4) is 17.9 Å². The van der Waals surface area contributed by atoms with E-state index in [2.05, 4.69) is 26.0 Å². The van der Waals surface area contributed by atoms with Crippen LogP contribution in [0.15, 0.2) is 12.1 Å². The van der Waals surface area contributed by atoms with E-state index in [0.29, 0.717) is 23.5 Å². The van der Waals surface area contributed by atoms with Crippen LogP contribution < -0.4 is 4.74 Å². The molecule has 0 spiro atoms. The Hall–Kier alpha value is -2.00. The van der Waals surface area contributed by atoms with E-state index in [1.807, 2.05) is 12.1 Å². The number of nitriles is 2. The van der Waals surface area contributed by atoms with Gasteiger partial charge < -0.3 is 4.74 Å². The molecular weight excluding hydrogens is 392 g/mol. The van der Waals surface area contributed by atoms with Crippen molar-refractivity contribution >= 4 is 0 Å². The van der Waals surface area contributed by atoms with Crippen LogP contribution in [0.3, 0.4) is 0 Å². The van der Waals surface area contributed by atoms with Crippen molar-refractivity contribution in [1.29, 1.82) is 10.5 Å². The first-order valence-corrected chi connectivity index (χ1v) is 13.3. The average molecular weight is 437 g/mol. The van der Waals surface area contributed by atoms with Gasteiger partial charge in [-0.15, -0.1) is 0 Å². The number of aryl methyl sites for hydroxylation is 1. The number of hydrogen-bond acceptors (Lipinski definition) is 3. The maximum atomic E-state index is 9.68. The Morgan fingerprint density at radius 2 is 1.34 bits per heavy atom. The highest BCUT2D eigenvalue weighted by Gasteiger charge is 2.20. The van der Waals surface area contributed by atoms with Gasteiger partial charge in [0.25, 0.3) is 0 Å². The van der Waals surface area contributed by atoms with Gasteiger partial charge in [0.05, 0.1) is 12.2 Å². The summed E-state index contributed by atoms with van der Waals surface area (Å²) in [5, 5.41) is 19.3. The molecule has 0 bridgehead atoms. The van der Waals surface area contributed by atoms with Crippen molar-refractivity contribution in [3.63, 3.8) is 0 Å². The first kappa shape index (κ1) is 26.3. The number of unbranched alkanes of at least 4 members (excludes halogenated alkanes) is 6. The third kappa shape index (κ3) is 8.86. The van der Waals surface area contributed by atoms with Gasteiger partial charge in [-0.1, -0.05) is 97.0 Å². The number of hydrogen-bond donors (Lipinski definition) is 0. The van der Waals surface area contributed by atoms with Crippen LogP contribution in [-0.4, -0.2) is 6.61 Å². The quantitative estimate of drug-likeness (QED) is 0.259. The Morgan fingerprint density at radius 3 is 1.97 bits per heavy atom. The molecule has 3 heteroatoms. The third-order valence-corrected chi connectivity index (χ3v) is 7.22. The van der Waals surface area contributed by atoms with Crippen LogP contribution >= 0.6 is 0 Å². The van der Waals surface area contributed by atoms with Gasteiger partial charge in [-0.05, 0) is 49.1 Å². The van der Waals surface area contributed by atoms with E-state index in [4.69, 9.17) is 4.74 Å². The van der Waals surface area contributed by atoms with E-state index >= 15 is 0 Å². The fraction of sp³-hybridized carbons (Fsp3) is 0.724. The molecule has 2 rings (SSSR count). The normalized spacial score (nSPS) is 18.1. The predicted octanol–water partition coefficient (Wildman–Crippen LogP) is 8.49. The lowest BCUT2D eigenvalue weighted by atomic mass is 9.78. The van der Waals surface area contributed by atoms with E-state index < -0.39 is 0 Å². The molecule has 0 saturated heterocycles. The summed E-state index contributed by atoms with van der Waals surface area (Å²) in [7, 11) is 0. The molecule has 1 aromatic rings. The summed E-state index contributed by atoms with van der Waals surface area (Å²) in [6, 6.07) is 8.40. The van der Waals surface area contributed by atoms with Crippen LogP contribution in [-0.2, 0) is 6.42 Å². The predicted molar refractivity (Wildman–Crippen MR) is 133 cm³/mol. The zero-order valence-electron chi connectivity index (χ0n) is 20.6. The van der Waals surface area contributed by atoms with Crippen LogP contribution in [0.1, 0.15) is 127 Å². The van der Waals surface area contributed by atoms with Crippen molar-refractivity contribution in [2.75, 3.05) is 6.61 Å². The molecule has 0 aliphatic heterocycles. The minimum Gasteiger partial charge on any atom is -0.492 e. The lowest BCUT2D eigenvalue weighted by Gasteiger charge is -2.28. The SMILES string of the molecule is CCCCCCCc1ccc(OCCC[C@H]2CC[C@H](CCCCC)CC2)c(C#N)c1C#N. The molecule has 1 fully saturated rings. The summed E-state index contributed by atoms with van der Waals surface area (Å²) in [4.78, 5) is 0. The highest BCUT2D eigenvalue weighted by Crippen LogP contribution is 2.34. The highest BCUT2D eigenvalue weighted by molar-refractivity contribution is 5.57. The lowest BCUT2D eigenvalue weighted by molar-refractivity contribution is 0.228. The zero-order valence-corrected chi connectivity index (χ0v) is 20.6. The number of ether oxygens (including phenoxy) is 1. The van der Waals surface area contributed by atoms with Gasteiger partial charge in [-0.3, -0.25) is 0 Å². The molecule has 0 N–H and O–H groups in total. The van der Waals surface area contributed by atoms with Crippen molar-refractivity contribution in [1.82, 2.24) is 0 Å². The summed E-state index contributed by atoms with van der Waals surface area (Å²) in [6.45, 7) is 5.13. The minimum atomic E-state index is 0.422. The Balaban J connectivity index is 1.76. The van der Waals surface area contributed by atoms with Gasteiger partial charge in [0.1, 0.15) is 23.5 Å². The summed E-state index contributed by atoms with van der Waals surface area (Å²) in [5.74, 6) is 2.38. The van der Waals surface area contributed by atoms with Gasteiger partial charge in [-0.2, -0.15) is 10.5 Å². The van der Waals surface area contributed by atoms with Crippen molar-refractivity contribution in [2.24, 2.45) is 11.8 Å². The lowest BCUT2D eigenvalue weighted by Crippen LogP contribution is -2.15. The molecule has 0 radical (unpaired) electrons. The van der Waals surface area contributed by atoms with Crippen molar-refractivity contribution in [3.05, 3.63) is 28.8 Å². The standard InChI is InChI=1S/C29H44N2O/c1-3-5-7-8-10-14-26-19-20-29(28(23-31)27(26)22-30)32-21-11-13-25-17-15-24(16-18-25)12-9-6-4-2/h19-20,24-25H,3-18,21H2,1-2H3/t24-,25-. The second-order valence-corrected chi connectivity index (χ2v) is 9.73. The average Bonchev–Trinajstić information content (AvgIpc) is 2.82. The molecule has 1 aromatic carbocycles. The number of nitrogens with zero attached hydrogens (tertiary/aromatic N) is 2. The first-order chi connectivity index (χ1) is 15.7. The zero-order chi connectivity index (χ0) is 23.0. The van der Waals surface area contributed by atoms with Crippen molar-refractivity contribution in [2.45, 2.75) is 117 Å². The molecule has 0 heterocycles. The van der Waals surface area contributed by atoms with Gasteiger partial charge in [0.15, 0.2) is 0 Å². The van der Waals surface area contributed by atoms with Crippen LogP contribution in [0, 0.1) is 34.5 Å². The molecule has 1 aliphatic rings. The summed E-state index contributed by atoms with van der Waals surface area (Å²) < 4.78 is 5.99. The summed E-state index contributed by atoms with van der Waals surface area (Å²) >= 11 is 0. The molecule has 1 aliphatic carbocycles. The Labute approximate surface area is 197 Å². The molecule has 3 nitrogen and oxygen atoms in total. The van der Waals surface area contributed by atoms with E-state index in [1.165, 1.54) is 83.5 Å². The topological polar surface area (TPSA) is 56.8 Å². The van der Waals surface area contributed by atoms with Crippen LogP contribution in [0.25, 0.3) is 0 Å². The molecule has 0 atom stereocenters. The summed E-state index contributed by atoms with van der Waals surface area (Å²) in [5.41, 5.74) is 1.93. The second-order valence-electron chi connectivity index (χ2n) is 9.73. The van der Waals surface area contributed by atoms with Crippen molar-refractivity contribution < 1.29 is 4.74 Å². The van der Waals surface area contributed by atoms with Gasteiger partial charge in [-0.25, -0.2) is 0 Å². The molecule has 0 amide bonds. The van der Waals surface area contributed by atoms with E-state index in [0.717, 1.165) is 36.7 Å². The Kier molecular flexibility index (Phi) is 12.9. The maximum Gasteiger partial charge on any atom is 0.138 e. The Bertz CT molecular complexity index is 735. The monoisotopic (exact) mass is 436 g/mol. The fourth-order valence-electron chi connectivity index (χ4n) is 5.16. The minimum absolute atomic E-state index is 0.422. The highest BCUT2D eigenvalue weighted by atomic mass is 16.5. The van der Waals surface area contributed by atoms with Crippen LogP contribution in [0.5, 0.6) is 5.75 Å². The molecule has 0 aromatic heterocycles. The molecule has 32 heavy (non-hydrogen) atoms. The molecule has 1 saturated carbocycles. The van der Waals surface area contributed by atoms with Gasteiger partial charge >= 0.3 is 0 Å². The van der Waals surface area contributed by atoms with E-state index in [1.54, 1.807) is 0 Å². The number of rotatable bonds is 15. The number of benzene rings is 1. The van der Waals surface area contributed by atoms with Crippen LogP contribution in [0.2, 0.25) is 0 Å². The fourth-order valence-corrected chi connectivity index (χ4v) is 5.16. The Morgan fingerprint density at radius 1 is 0.750 bits per heavy atom. The van der Waals surface area contributed by atoms with Gasteiger partial charge in [0.2, 0.25) is 0 Å². The largest absolute Gasteiger partial charge is 0.492 e. The van der Waals surface area contributed by atoms with E-state index in [9.17, 15) is 10.5 Å². The molecule has 176 valence electrons. The second kappa shape index (κ2) is 15.7. The first-order valence-electron chi connectivity index (χ1n) is 13.3. The maximum absolute atomic E-state index is 9.68. The van der Waals surface area contributed by atoms with Crippen LogP contribution in [0.4, 0.5) is 0 Å². The third-order valence-electron chi connectivity index (χ3n) is 7.22. The van der Waals surface area contributed by atoms with Gasteiger partial charge in [0, 0.05) is 0 Å². The van der Waals surface area contributed by atoms with E-state index in [-0.39, 0.29) is 0 Å².